The minimum atomic E-state index is 0.288. The van der Waals surface area contributed by atoms with Crippen molar-refractivity contribution in [3.8, 4) is 0 Å². The first-order chi connectivity index (χ1) is 7.54. The molecule has 2 atom stereocenters. The quantitative estimate of drug-likeness (QED) is 0.722. The first-order valence-corrected chi connectivity index (χ1v) is 6.65. The van der Waals surface area contributed by atoms with Crippen LogP contribution in [0.3, 0.4) is 0 Å². The van der Waals surface area contributed by atoms with E-state index in [-0.39, 0.29) is 6.61 Å². The molecular formula is C13H28N2O. The van der Waals surface area contributed by atoms with Crippen molar-refractivity contribution in [2.75, 3.05) is 19.7 Å². The van der Waals surface area contributed by atoms with Gasteiger partial charge in [-0.25, -0.2) is 0 Å². The third kappa shape index (κ3) is 4.04. The SMILES string of the molecule is CC(C)C(CCO)NC1CCN(C(C)C)C1. The molecular weight excluding hydrogens is 200 g/mol. The van der Waals surface area contributed by atoms with Gasteiger partial charge in [-0.3, -0.25) is 4.90 Å². The standard InChI is InChI=1S/C13H28N2O/c1-10(2)13(6-8-16)14-12-5-7-15(9-12)11(3)4/h10-14,16H,5-9H2,1-4H3. The topological polar surface area (TPSA) is 35.5 Å². The van der Waals surface area contributed by atoms with Crippen molar-refractivity contribution in [1.29, 1.82) is 0 Å². The number of nitrogens with one attached hydrogen (secondary N) is 1. The maximum Gasteiger partial charge on any atom is 0.0445 e. The molecule has 3 nitrogen and oxygen atoms in total. The summed E-state index contributed by atoms with van der Waals surface area (Å²) in [6, 6.07) is 1.73. The summed E-state index contributed by atoms with van der Waals surface area (Å²) in [5.41, 5.74) is 0. The van der Waals surface area contributed by atoms with Gasteiger partial charge in [-0.2, -0.15) is 0 Å². The van der Waals surface area contributed by atoms with Gasteiger partial charge in [-0.05, 0) is 39.2 Å². The average molecular weight is 228 g/mol. The fourth-order valence-electron chi connectivity index (χ4n) is 2.44. The highest BCUT2D eigenvalue weighted by atomic mass is 16.3. The molecule has 0 saturated carbocycles. The third-order valence-electron chi connectivity index (χ3n) is 3.64. The molecule has 16 heavy (non-hydrogen) atoms. The van der Waals surface area contributed by atoms with Gasteiger partial charge in [-0.15, -0.1) is 0 Å². The number of hydrogen-bond acceptors (Lipinski definition) is 3. The lowest BCUT2D eigenvalue weighted by Crippen LogP contribution is -2.43. The van der Waals surface area contributed by atoms with Crippen molar-refractivity contribution in [2.24, 2.45) is 5.92 Å². The molecule has 1 rings (SSSR count). The van der Waals surface area contributed by atoms with Crippen molar-refractivity contribution < 1.29 is 5.11 Å². The van der Waals surface area contributed by atoms with Crippen LogP contribution in [0.4, 0.5) is 0 Å². The molecule has 2 unspecified atom stereocenters. The zero-order valence-electron chi connectivity index (χ0n) is 11.2. The van der Waals surface area contributed by atoms with Crippen LogP contribution in [-0.4, -0.2) is 47.8 Å². The van der Waals surface area contributed by atoms with Crippen LogP contribution < -0.4 is 5.32 Å². The van der Waals surface area contributed by atoms with Gasteiger partial charge in [0.15, 0.2) is 0 Å². The number of rotatable bonds is 6. The Morgan fingerprint density at radius 3 is 2.44 bits per heavy atom. The summed E-state index contributed by atoms with van der Waals surface area (Å²) in [5.74, 6) is 0.597. The van der Waals surface area contributed by atoms with Crippen molar-refractivity contribution >= 4 is 0 Å². The molecule has 0 aromatic carbocycles. The number of aliphatic hydroxyl groups excluding tert-OH is 1. The molecule has 0 radical (unpaired) electrons. The normalized spacial score (nSPS) is 24.6. The van der Waals surface area contributed by atoms with E-state index in [1.807, 2.05) is 0 Å². The highest BCUT2D eigenvalue weighted by molar-refractivity contribution is 4.86. The summed E-state index contributed by atoms with van der Waals surface area (Å²) in [7, 11) is 0. The highest BCUT2D eigenvalue weighted by Crippen LogP contribution is 2.15. The van der Waals surface area contributed by atoms with Gasteiger partial charge >= 0.3 is 0 Å². The molecule has 1 saturated heterocycles. The fraction of sp³-hybridized carbons (Fsp3) is 1.00. The average Bonchev–Trinajstić information content (AvgIpc) is 2.65. The van der Waals surface area contributed by atoms with E-state index in [1.54, 1.807) is 0 Å². The Kier molecular flexibility index (Phi) is 5.73. The molecule has 1 aliphatic heterocycles. The maximum atomic E-state index is 9.05. The molecule has 0 aromatic rings. The highest BCUT2D eigenvalue weighted by Gasteiger charge is 2.26. The van der Waals surface area contributed by atoms with E-state index in [0.717, 1.165) is 13.0 Å². The van der Waals surface area contributed by atoms with Gasteiger partial charge in [0.1, 0.15) is 0 Å². The van der Waals surface area contributed by atoms with E-state index in [0.29, 0.717) is 24.0 Å². The van der Waals surface area contributed by atoms with Crippen molar-refractivity contribution in [3.63, 3.8) is 0 Å². The van der Waals surface area contributed by atoms with E-state index in [4.69, 9.17) is 5.11 Å². The Balaban J connectivity index is 2.36. The zero-order chi connectivity index (χ0) is 12.1. The summed E-state index contributed by atoms with van der Waals surface area (Å²) >= 11 is 0. The molecule has 0 spiro atoms. The van der Waals surface area contributed by atoms with Crippen LogP contribution >= 0.6 is 0 Å². The largest absolute Gasteiger partial charge is 0.396 e. The first-order valence-electron chi connectivity index (χ1n) is 6.65. The van der Waals surface area contributed by atoms with E-state index in [1.165, 1.54) is 13.0 Å². The van der Waals surface area contributed by atoms with E-state index in [2.05, 4.69) is 37.9 Å². The Morgan fingerprint density at radius 1 is 1.31 bits per heavy atom. The molecule has 0 aromatic heterocycles. The Hall–Kier alpha value is -0.120. The summed E-state index contributed by atoms with van der Waals surface area (Å²) < 4.78 is 0. The van der Waals surface area contributed by atoms with Crippen molar-refractivity contribution in [3.05, 3.63) is 0 Å². The van der Waals surface area contributed by atoms with E-state index >= 15 is 0 Å². The van der Waals surface area contributed by atoms with Gasteiger partial charge in [0.25, 0.3) is 0 Å². The molecule has 96 valence electrons. The molecule has 0 aliphatic carbocycles. The van der Waals surface area contributed by atoms with Gasteiger partial charge in [0.2, 0.25) is 0 Å². The van der Waals surface area contributed by atoms with Crippen LogP contribution in [0.25, 0.3) is 0 Å². The molecule has 0 amide bonds. The number of likely N-dealkylation sites (tertiary alicyclic amines) is 1. The molecule has 2 N–H and O–H groups in total. The second-order valence-electron chi connectivity index (χ2n) is 5.60. The molecule has 1 aliphatic rings. The summed E-state index contributed by atoms with van der Waals surface area (Å²) in [6.45, 7) is 11.6. The van der Waals surface area contributed by atoms with Crippen molar-refractivity contribution in [2.45, 2.75) is 58.7 Å². The van der Waals surface area contributed by atoms with Crippen LogP contribution in [0.5, 0.6) is 0 Å². The zero-order valence-corrected chi connectivity index (χ0v) is 11.2. The molecule has 0 bridgehead atoms. The summed E-state index contributed by atoms with van der Waals surface area (Å²) in [5, 5.41) is 12.7. The lowest BCUT2D eigenvalue weighted by molar-refractivity contribution is 0.227. The van der Waals surface area contributed by atoms with Crippen molar-refractivity contribution in [1.82, 2.24) is 10.2 Å². The lowest BCUT2D eigenvalue weighted by atomic mass is 10.00. The number of hydrogen-bond donors (Lipinski definition) is 2. The monoisotopic (exact) mass is 228 g/mol. The van der Waals surface area contributed by atoms with Gasteiger partial charge in [0.05, 0.1) is 0 Å². The second-order valence-corrected chi connectivity index (χ2v) is 5.60. The lowest BCUT2D eigenvalue weighted by Gasteiger charge is -2.26. The van der Waals surface area contributed by atoms with Crippen LogP contribution in [0.2, 0.25) is 0 Å². The van der Waals surface area contributed by atoms with Gasteiger partial charge in [0, 0.05) is 31.3 Å². The molecule has 3 heteroatoms. The summed E-state index contributed by atoms with van der Waals surface area (Å²) in [6.07, 6.45) is 2.11. The predicted octanol–water partition coefficient (Wildman–Crippen LogP) is 1.47. The first kappa shape index (κ1) is 13.9. The van der Waals surface area contributed by atoms with Crippen LogP contribution in [0.1, 0.15) is 40.5 Å². The fourth-order valence-corrected chi connectivity index (χ4v) is 2.44. The Bertz CT molecular complexity index is 194. The third-order valence-corrected chi connectivity index (χ3v) is 3.64. The predicted molar refractivity (Wildman–Crippen MR) is 68.6 cm³/mol. The van der Waals surface area contributed by atoms with Gasteiger partial charge < -0.3 is 10.4 Å². The Morgan fingerprint density at radius 2 is 2.00 bits per heavy atom. The van der Waals surface area contributed by atoms with Crippen LogP contribution in [0, 0.1) is 5.92 Å². The van der Waals surface area contributed by atoms with Crippen LogP contribution in [0.15, 0.2) is 0 Å². The number of aliphatic hydroxyl groups is 1. The maximum absolute atomic E-state index is 9.05. The second kappa shape index (κ2) is 6.58. The number of nitrogens with zero attached hydrogens (tertiary/aromatic N) is 1. The minimum Gasteiger partial charge on any atom is -0.396 e. The summed E-state index contributed by atoms with van der Waals surface area (Å²) in [4.78, 5) is 2.52. The molecule has 1 heterocycles. The smallest absolute Gasteiger partial charge is 0.0445 e. The minimum absolute atomic E-state index is 0.288. The van der Waals surface area contributed by atoms with Crippen LogP contribution in [-0.2, 0) is 0 Å². The van der Waals surface area contributed by atoms with Gasteiger partial charge in [-0.1, -0.05) is 13.8 Å². The Labute approximate surface area is 100 Å². The van der Waals surface area contributed by atoms with E-state index < -0.39 is 0 Å². The molecule has 1 fully saturated rings. The van der Waals surface area contributed by atoms with E-state index in [9.17, 15) is 0 Å².